The summed E-state index contributed by atoms with van der Waals surface area (Å²) >= 11 is 6.04. The quantitative estimate of drug-likeness (QED) is 0.920. The van der Waals surface area contributed by atoms with Gasteiger partial charge in [-0.2, -0.15) is 0 Å². The molecule has 0 spiro atoms. The zero-order chi connectivity index (χ0) is 13.1. The van der Waals surface area contributed by atoms with Gasteiger partial charge in [-0.25, -0.2) is 4.39 Å². The second kappa shape index (κ2) is 5.38. The number of methoxy groups -OCH3 is 1. The van der Waals surface area contributed by atoms with Crippen LogP contribution in [0.15, 0.2) is 36.4 Å². The molecule has 4 heteroatoms. The highest BCUT2D eigenvalue weighted by molar-refractivity contribution is 6.32. The van der Waals surface area contributed by atoms with Crippen molar-refractivity contribution in [1.82, 2.24) is 0 Å². The summed E-state index contributed by atoms with van der Waals surface area (Å²) in [6.07, 6.45) is 0. The van der Waals surface area contributed by atoms with Crippen molar-refractivity contribution in [1.29, 1.82) is 0 Å². The van der Waals surface area contributed by atoms with Gasteiger partial charge in [0.05, 0.1) is 12.1 Å². The molecule has 2 aromatic rings. The fourth-order valence-corrected chi connectivity index (χ4v) is 2.00. The average molecular weight is 266 g/mol. The molecule has 0 aliphatic heterocycles. The van der Waals surface area contributed by atoms with E-state index in [1.165, 1.54) is 6.07 Å². The summed E-state index contributed by atoms with van der Waals surface area (Å²) in [5, 5.41) is 0.498. The van der Waals surface area contributed by atoms with E-state index in [9.17, 15) is 4.39 Å². The molecule has 2 nitrogen and oxygen atoms in total. The summed E-state index contributed by atoms with van der Waals surface area (Å²) in [5.41, 5.74) is 7.52. The van der Waals surface area contributed by atoms with E-state index in [1.807, 2.05) is 12.1 Å². The highest BCUT2D eigenvalue weighted by Gasteiger charge is 2.06. The number of nitrogens with two attached hydrogens (primary N) is 1. The fraction of sp³-hybridized carbons (Fsp3) is 0.143. The summed E-state index contributed by atoms with van der Waals surface area (Å²) in [7, 11) is 1.55. The molecule has 0 aliphatic carbocycles. The molecule has 0 aliphatic rings. The Morgan fingerprint density at radius 2 is 1.83 bits per heavy atom. The van der Waals surface area contributed by atoms with Crippen molar-refractivity contribution in [3.05, 3.63) is 52.8 Å². The molecular weight excluding hydrogens is 253 g/mol. The monoisotopic (exact) mass is 265 g/mol. The number of ether oxygens (including phenoxy) is 1. The SMILES string of the molecule is COc1ccc(-c2ccc(CN)c(F)c2)cc1Cl. The maximum Gasteiger partial charge on any atom is 0.137 e. The van der Waals surface area contributed by atoms with Crippen molar-refractivity contribution in [2.75, 3.05) is 7.11 Å². The van der Waals surface area contributed by atoms with Gasteiger partial charge in [0.25, 0.3) is 0 Å². The molecule has 0 bridgehead atoms. The van der Waals surface area contributed by atoms with Crippen LogP contribution >= 0.6 is 11.6 Å². The zero-order valence-corrected chi connectivity index (χ0v) is 10.7. The highest BCUT2D eigenvalue weighted by Crippen LogP contribution is 2.30. The molecule has 0 saturated carbocycles. The number of rotatable bonds is 3. The van der Waals surface area contributed by atoms with Gasteiger partial charge in [0, 0.05) is 12.1 Å². The van der Waals surface area contributed by atoms with Crippen molar-refractivity contribution in [3.63, 3.8) is 0 Å². The van der Waals surface area contributed by atoms with E-state index < -0.39 is 0 Å². The summed E-state index contributed by atoms with van der Waals surface area (Å²) in [6, 6.07) is 10.3. The molecule has 0 amide bonds. The van der Waals surface area contributed by atoms with Crippen LogP contribution in [0.3, 0.4) is 0 Å². The Kier molecular flexibility index (Phi) is 3.84. The summed E-state index contributed by atoms with van der Waals surface area (Å²) < 4.78 is 18.7. The normalized spacial score (nSPS) is 10.4. The average Bonchev–Trinajstić information content (AvgIpc) is 2.38. The van der Waals surface area contributed by atoms with E-state index >= 15 is 0 Å². The van der Waals surface area contributed by atoms with Crippen LogP contribution in [0, 0.1) is 5.82 Å². The van der Waals surface area contributed by atoms with Gasteiger partial charge in [-0.15, -0.1) is 0 Å². The third kappa shape index (κ3) is 2.47. The van der Waals surface area contributed by atoms with Gasteiger partial charge in [-0.3, -0.25) is 0 Å². The molecule has 18 heavy (non-hydrogen) atoms. The van der Waals surface area contributed by atoms with Gasteiger partial charge in [0.15, 0.2) is 0 Å². The third-order valence-electron chi connectivity index (χ3n) is 2.76. The standard InChI is InChI=1S/C14H13ClFNO/c1-18-14-5-4-9(6-12(14)15)10-2-3-11(8-17)13(16)7-10/h2-7H,8,17H2,1H3. The second-order valence-corrected chi connectivity index (χ2v) is 4.27. The summed E-state index contributed by atoms with van der Waals surface area (Å²) in [6.45, 7) is 0.190. The minimum atomic E-state index is -0.304. The van der Waals surface area contributed by atoms with E-state index in [1.54, 1.807) is 25.3 Å². The lowest BCUT2D eigenvalue weighted by atomic mass is 10.0. The van der Waals surface area contributed by atoms with Crippen molar-refractivity contribution >= 4 is 11.6 Å². The number of halogens is 2. The molecule has 0 radical (unpaired) electrons. The first-order valence-corrected chi connectivity index (χ1v) is 5.86. The zero-order valence-electron chi connectivity index (χ0n) is 9.91. The Balaban J connectivity index is 2.42. The molecular formula is C14H13ClFNO. The first-order chi connectivity index (χ1) is 8.65. The first-order valence-electron chi connectivity index (χ1n) is 5.48. The fourth-order valence-electron chi connectivity index (χ4n) is 1.74. The van der Waals surface area contributed by atoms with E-state index in [0.29, 0.717) is 16.3 Å². The van der Waals surface area contributed by atoms with Crippen LogP contribution in [-0.2, 0) is 6.54 Å². The molecule has 94 valence electrons. The van der Waals surface area contributed by atoms with E-state index in [-0.39, 0.29) is 12.4 Å². The molecule has 0 fully saturated rings. The minimum absolute atomic E-state index is 0.190. The molecule has 0 heterocycles. The topological polar surface area (TPSA) is 35.2 Å². The number of benzene rings is 2. The Hall–Kier alpha value is -1.58. The predicted octanol–water partition coefficient (Wildman–Crippen LogP) is 3.61. The van der Waals surface area contributed by atoms with Crippen LogP contribution < -0.4 is 10.5 Å². The highest BCUT2D eigenvalue weighted by atomic mass is 35.5. The Morgan fingerprint density at radius 3 is 2.39 bits per heavy atom. The largest absolute Gasteiger partial charge is 0.495 e. The van der Waals surface area contributed by atoms with E-state index in [2.05, 4.69) is 0 Å². The molecule has 0 atom stereocenters. The minimum Gasteiger partial charge on any atom is -0.495 e. The molecule has 0 saturated heterocycles. The maximum absolute atomic E-state index is 13.6. The van der Waals surface area contributed by atoms with Crippen LogP contribution in [0.2, 0.25) is 5.02 Å². The van der Waals surface area contributed by atoms with Crippen molar-refractivity contribution in [2.24, 2.45) is 5.73 Å². The molecule has 0 unspecified atom stereocenters. The van der Waals surface area contributed by atoms with Crippen LogP contribution in [0.5, 0.6) is 5.75 Å². The number of hydrogen-bond acceptors (Lipinski definition) is 2. The Bertz CT molecular complexity index is 520. The molecule has 2 aromatic carbocycles. The van der Waals surface area contributed by atoms with Gasteiger partial charge in [-0.1, -0.05) is 29.8 Å². The second-order valence-electron chi connectivity index (χ2n) is 3.86. The van der Waals surface area contributed by atoms with E-state index in [4.69, 9.17) is 22.1 Å². The lowest BCUT2D eigenvalue weighted by molar-refractivity contribution is 0.415. The van der Waals surface area contributed by atoms with Crippen molar-refractivity contribution in [2.45, 2.75) is 6.54 Å². The molecule has 0 aromatic heterocycles. The third-order valence-corrected chi connectivity index (χ3v) is 3.05. The van der Waals surface area contributed by atoms with Gasteiger partial charge in [0.1, 0.15) is 11.6 Å². The van der Waals surface area contributed by atoms with Gasteiger partial charge >= 0.3 is 0 Å². The van der Waals surface area contributed by atoms with Crippen LogP contribution in [0.4, 0.5) is 4.39 Å². The summed E-state index contributed by atoms with van der Waals surface area (Å²) in [4.78, 5) is 0. The predicted molar refractivity (Wildman–Crippen MR) is 71.3 cm³/mol. The lowest BCUT2D eigenvalue weighted by Gasteiger charge is -2.08. The lowest BCUT2D eigenvalue weighted by Crippen LogP contribution is -1.99. The number of hydrogen-bond donors (Lipinski definition) is 1. The van der Waals surface area contributed by atoms with Crippen molar-refractivity contribution in [3.8, 4) is 16.9 Å². The smallest absolute Gasteiger partial charge is 0.137 e. The van der Waals surface area contributed by atoms with Gasteiger partial charge in [0.2, 0.25) is 0 Å². The summed E-state index contributed by atoms with van der Waals surface area (Å²) in [5.74, 6) is 0.293. The van der Waals surface area contributed by atoms with Crippen molar-refractivity contribution < 1.29 is 9.13 Å². The van der Waals surface area contributed by atoms with Gasteiger partial charge < -0.3 is 10.5 Å². The van der Waals surface area contributed by atoms with Crippen LogP contribution in [0.1, 0.15) is 5.56 Å². The Labute approximate surface area is 110 Å². The Morgan fingerprint density at radius 1 is 1.17 bits per heavy atom. The molecule has 2 rings (SSSR count). The van der Waals surface area contributed by atoms with Crippen LogP contribution in [0.25, 0.3) is 11.1 Å². The first kappa shape index (κ1) is 12.9. The maximum atomic E-state index is 13.6. The van der Waals surface area contributed by atoms with E-state index in [0.717, 1.165) is 11.1 Å². The van der Waals surface area contributed by atoms with Crippen LogP contribution in [-0.4, -0.2) is 7.11 Å². The van der Waals surface area contributed by atoms with Gasteiger partial charge in [-0.05, 0) is 29.3 Å². The molecule has 2 N–H and O–H groups in total.